The number of ketones is 1. The molecule has 0 N–H and O–H groups in total. The summed E-state index contributed by atoms with van der Waals surface area (Å²) in [6.45, 7) is 7.55. The van der Waals surface area contributed by atoms with Crippen molar-refractivity contribution in [3.05, 3.63) is 33.5 Å². The van der Waals surface area contributed by atoms with Crippen LogP contribution < -0.4 is 0 Å². The molecule has 0 aliphatic heterocycles. The lowest BCUT2D eigenvalue weighted by Crippen LogP contribution is -2.30. The van der Waals surface area contributed by atoms with E-state index in [9.17, 15) is 9.18 Å². The predicted octanol–water partition coefficient (Wildman–Crippen LogP) is 4.82. The minimum atomic E-state index is -0.376. The molecule has 0 spiro atoms. The molecule has 0 aliphatic rings. The van der Waals surface area contributed by atoms with Crippen molar-refractivity contribution in [2.24, 2.45) is 5.41 Å². The van der Waals surface area contributed by atoms with Crippen LogP contribution in [-0.2, 0) is 11.2 Å². The molecule has 1 unspecified atom stereocenters. The number of aryl methyl sites for hydroxylation is 1. The normalized spacial score (nSPS) is 13.5. The third-order valence-corrected chi connectivity index (χ3v) is 4.15. The van der Waals surface area contributed by atoms with E-state index in [1.807, 2.05) is 27.7 Å². The molecule has 0 radical (unpaired) electrons. The van der Waals surface area contributed by atoms with Crippen molar-refractivity contribution in [2.75, 3.05) is 0 Å². The minimum Gasteiger partial charge on any atom is -0.298 e. The Morgan fingerprint density at radius 3 is 2.44 bits per heavy atom. The number of Topliss-reactive ketones (excluding diaryl/α,β-unsaturated/α-hetero) is 1. The van der Waals surface area contributed by atoms with Crippen LogP contribution in [0.4, 0.5) is 4.39 Å². The molecule has 1 atom stereocenters. The van der Waals surface area contributed by atoms with E-state index in [4.69, 9.17) is 0 Å². The van der Waals surface area contributed by atoms with Crippen LogP contribution in [0.2, 0.25) is 0 Å². The van der Waals surface area contributed by atoms with Gasteiger partial charge in [-0.25, -0.2) is 4.39 Å². The molecule has 18 heavy (non-hydrogen) atoms. The first-order valence-electron chi connectivity index (χ1n) is 5.76. The highest BCUT2D eigenvalue weighted by atomic mass is 79.9. The van der Waals surface area contributed by atoms with Gasteiger partial charge in [0, 0.05) is 5.41 Å². The summed E-state index contributed by atoms with van der Waals surface area (Å²) in [7, 11) is 0. The third kappa shape index (κ3) is 3.89. The molecular weight excluding hydrogens is 363 g/mol. The van der Waals surface area contributed by atoms with Crippen LogP contribution in [0.25, 0.3) is 0 Å². The van der Waals surface area contributed by atoms with E-state index >= 15 is 0 Å². The monoisotopic (exact) mass is 378 g/mol. The maximum Gasteiger partial charge on any atom is 0.152 e. The second-order valence-corrected chi connectivity index (χ2v) is 7.44. The Hall–Kier alpha value is -0.220. The van der Waals surface area contributed by atoms with Gasteiger partial charge in [-0.05, 0) is 52.5 Å². The van der Waals surface area contributed by atoms with E-state index in [2.05, 4.69) is 31.9 Å². The van der Waals surface area contributed by atoms with Gasteiger partial charge in [0.15, 0.2) is 5.78 Å². The number of alkyl halides is 1. The Labute approximate surface area is 124 Å². The second-order valence-electron chi connectivity index (χ2n) is 5.48. The number of halogens is 3. The summed E-state index contributed by atoms with van der Waals surface area (Å²) < 4.78 is 13.8. The van der Waals surface area contributed by atoms with E-state index in [1.165, 1.54) is 6.07 Å². The summed E-state index contributed by atoms with van der Waals surface area (Å²) >= 11 is 6.61. The first-order chi connectivity index (χ1) is 8.12. The van der Waals surface area contributed by atoms with Crippen LogP contribution in [0.1, 0.15) is 31.9 Å². The van der Waals surface area contributed by atoms with Gasteiger partial charge in [-0.15, -0.1) is 0 Å². The van der Waals surface area contributed by atoms with Crippen molar-refractivity contribution in [3.63, 3.8) is 0 Å². The lowest BCUT2D eigenvalue weighted by Gasteiger charge is -2.21. The molecule has 100 valence electrons. The standard InChI is InChI=1S/C14H17Br2FO/c1-8-5-12(17)10(15)6-9(8)7-11(16)13(18)14(2,3)4/h5-6,11H,7H2,1-4H3. The van der Waals surface area contributed by atoms with Gasteiger partial charge in [0.25, 0.3) is 0 Å². The minimum absolute atomic E-state index is 0.155. The molecule has 0 saturated carbocycles. The van der Waals surface area contributed by atoms with Gasteiger partial charge in [-0.1, -0.05) is 36.7 Å². The van der Waals surface area contributed by atoms with Gasteiger partial charge in [0.1, 0.15) is 5.82 Å². The summed E-state index contributed by atoms with van der Waals surface area (Å²) in [6.07, 6.45) is 0.570. The lowest BCUT2D eigenvalue weighted by molar-refractivity contribution is -0.125. The van der Waals surface area contributed by atoms with E-state index in [-0.39, 0.29) is 21.8 Å². The maximum atomic E-state index is 13.3. The molecular formula is C14H17Br2FO. The SMILES string of the molecule is Cc1cc(F)c(Br)cc1CC(Br)C(=O)C(C)(C)C. The molecule has 0 fully saturated rings. The largest absolute Gasteiger partial charge is 0.298 e. The Balaban J connectivity index is 2.92. The molecule has 0 bridgehead atoms. The van der Waals surface area contributed by atoms with Crippen LogP contribution >= 0.6 is 31.9 Å². The summed E-state index contributed by atoms with van der Waals surface area (Å²) in [6, 6.07) is 3.23. The zero-order valence-electron chi connectivity index (χ0n) is 11.0. The Morgan fingerprint density at radius 1 is 1.39 bits per heavy atom. The number of benzene rings is 1. The quantitative estimate of drug-likeness (QED) is 0.688. The molecule has 0 amide bonds. The number of carbonyl (C=O) groups excluding carboxylic acids is 1. The average molecular weight is 380 g/mol. The first kappa shape index (κ1) is 15.8. The number of carbonyl (C=O) groups is 1. The van der Waals surface area contributed by atoms with Crippen molar-refractivity contribution in [2.45, 2.75) is 38.9 Å². The Kier molecular flexibility index (Phi) is 5.13. The highest BCUT2D eigenvalue weighted by Gasteiger charge is 2.28. The fourth-order valence-corrected chi connectivity index (χ4v) is 3.09. The van der Waals surface area contributed by atoms with Gasteiger partial charge in [-0.3, -0.25) is 4.79 Å². The maximum absolute atomic E-state index is 13.3. The van der Waals surface area contributed by atoms with Crippen molar-refractivity contribution in [1.29, 1.82) is 0 Å². The van der Waals surface area contributed by atoms with E-state index in [1.54, 1.807) is 6.07 Å². The molecule has 0 aliphatic carbocycles. The molecule has 0 saturated heterocycles. The summed E-state index contributed by atoms with van der Waals surface area (Å²) in [5.74, 6) is -0.119. The van der Waals surface area contributed by atoms with Gasteiger partial charge >= 0.3 is 0 Å². The molecule has 4 heteroatoms. The zero-order chi connectivity index (χ0) is 14.1. The van der Waals surface area contributed by atoms with Crippen LogP contribution in [0.3, 0.4) is 0 Å². The number of hydrogen-bond acceptors (Lipinski definition) is 1. The fourth-order valence-electron chi connectivity index (χ4n) is 1.66. The molecule has 1 aromatic carbocycles. The highest BCUT2D eigenvalue weighted by molar-refractivity contribution is 9.10. The summed E-state index contributed by atoms with van der Waals surface area (Å²) in [5.41, 5.74) is 1.46. The van der Waals surface area contributed by atoms with Gasteiger partial charge in [-0.2, -0.15) is 0 Å². The summed E-state index contributed by atoms with van der Waals surface area (Å²) in [5, 5.41) is 0. The second kappa shape index (κ2) is 5.83. The molecule has 0 heterocycles. The van der Waals surface area contributed by atoms with Crippen molar-refractivity contribution in [3.8, 4) is 0 Å². The Morgan fingerprint density at radius 2 is 1.94 bits per heavy atom. The number of hydrogen-bond donors (Lipinski definition) is 0. The molecule has 1 aromatic rings. The van der Waals surface area contributed by atoms with Crippen LogP contribution in [0, 0.1) is 18.2 Å². The van der Waals surface area contributed by atoms with Crippen molar-refractivity contribution < 1.29 is 9.18 Å². The highest BCUT2D eigenvalue weighted by Crippen LogP contribution is 2.26. The van der Waals surface area contributed by atoms with Crippen LogP contribution in [-0.4, -0.2) is 10.6 Å². The zero-order valence-corrected chi connectivity index (χ0v) is 14.2. The summed E-state index contributed by atoms with van der Waals surface area (Å²) in [4.78, 5) is 11.9. The topological polar surface area (TPSA) is 17.1 Å². The van der Waals surface area contributed by atoms with Gasteiger partial charge < -0.3 is 0 Å². The van der Waals surface area contributed by atoms with Crippen LogP contribution in [0.5, 0.6) is 0 Å². The van der Waals surface area contributed by atoms with E-state index < -0.39 is 0 Å². The Bertz CT molecular complexity index is 464. The molecule has 1 rings (SSSR count). The van der Waals surface area contributed by atoms with E-state index in [0.717, 1.165) is 11.1 Å². The predicted molar refractivity (Wildman–Crippen MR) is 79.7 cm³/mol. The smallest absolute Gasteiger partial charge is 0.152 e. The van der Waals surface area contributed by atoms with Crippen molar-refractivity contribution >= 4 is 37.6 Å². The number of rotatable bonds is 3. The van der Waals surface area contributed by atoms with Gasteiger partial charge in [0.2, 0.25) is 0 Å². The molecule has 0 aromatic heterocycles. The average Bonchev–Trinajstić information content (AvgIpc) is 2.23. The molecule has 1 nitrogen and oxygen atoms in total. The van der Waals surface area contributed by atoms with Crippen molar-refractivity contribution in [1.82, 2.24) is 0 Å². The first-order valence-corrected chi connectivity index (χ1v) is 7.46. The third-order valence-electron chi connectivity index (χ3n) is 2.80. The van der Waals surface area contributed by atoms with Crippen LogP contribution in [0.15, 0.2) is 16.6 Å². The fraction of sp³-hybridized carbons (Fsp3) is 0.500. The van der Waals surface area contributed by atoms with Gasteiger partial charge in [0.05, 0.1) is 9.30 Å². The van der Waals surface area contributed by atoms with E-state index in [0.29, 0.717) is 10.9 Å². The lowest BCUT2D eigenvalue weighted by atomic mass is 9.87.